The van der Waals surface area contributed by atoms with E-state index in [0.29, 0.717) is 6.61 Å². The molecule has 0 fully saturated rings. The molecule has 0 aromatic heterocycles. The van der Waals surface area contributed by atoms with Crippen LogP contribution in [0, 0.1) is 0 Å². The number of hydrogen-bond donors (Lipinski definition) is 0. The first-order valence-electron chi connectivity index (χ1n) is 2.43. The minimum atomic E-state index is -0.331. The predicted octanol–water partition coefficient (Wildman–Crippen LogP) is 1.48. The quantitative estimate of drug-likeness (QED) is 0.402. The molecular weight excluding hydrogens is 104 g/mol. The Labute approximate surface area is 49.1 Å². The molecule has 0 amide bonds. The normalized spacial score (nSPS) is 10.9. The lowest BCUT2D eigenvalue weighted by Gasteiger charge is -1.92. The van der Waals surface area contributed by atoms with Crippen molar-refractivity contribution >= 4 is 0 Å². The summed E-state index contributed by atoms with van der Waals surface area (Å²) in [6, 6.07) is 0. The second-order valence-corrected chi connectivity index (χ2v) is 1.15. The van der Waals surface area contributed by atoms with Gasteiger partial charge in [-0.1, -0.05) is 12.7 Å². The molecule has 1 radical (unpaired) electrons. The summed E-state index contributed by atoms with van der Waals surface area (Å²) in [7, 11) is 0. The molecule has 2 heteroatoms. The zero-order chi connectivity index (χ0) is 6.41. The maximum atomic E-state index is 10.3. The van der Waals surface area contributed by atoms with Crippen LogP contribution in [-0.4, -0.2) is 6.61 Å². The van der Waals surface area contributed by atoms with Crippen molar-refractivity contribution in [2.75, 3.05) is 6.61 Å². The van der Waals surface area contributed by atoms with Gasteiger partial charge in [-0.15, -0.1) is 0 Å². The first-order chi connectivity index (χ1) is 3.81. The molecule has 0 aromatic carbocycles. The van der Waals surface area contributed by atoms with Crippen molar-refractivity contribution in [3.05, 3.63) is 24.7 Å². The van der Waals surface area contributed by atoms with E-state index in [-0.39, 0.29) is 5.95 Å². The molecule has 0 aliphatic carbocycles. The zero-order valence-electron chi connectivity index (χ0n) is 4.89. The van der Waals surface area contributed by atoms with E-state index in [2.05, 4.69) is 11.3 Å². The maximum absolute atomic E-state index is 10.3. The molecule has 0 aliphatic heterocycles. The third kappa shape index (κ3) is 3.28. The van der Waals surface area contributed by atoms with Crippen LogP contribution in [0.3, 0.4) is 0 Å². The lowest BCUT2D eigenvalue weighted by molar-refractivity contribution is 0.0603. The number of hydrogen-bond acceptors (Lipinski definition) is 1. The fraction of sp³-hybridized carbons (Fsp3) is 0.333. The van der Waals surface area contributed by atoms with Crippen LogP contribution >= 0.6 is 0 Å². The average molecular weight is 113 g/mol. The Kier molecular flexibility index (Phi) is 3.76. The van der Waals surface area contributed by atoms with Crippen LogP contribution < -0.4 is 0 Å². The lowest BCUT2D eigenvalue weighted by Crippen LogP contribution is -1.85. The predicted molar refractivity (Wildman–Crippen MR) is 30.6 cm³/mol. The molecule has 2 nitrogen and oxygen atoms in total. The Bertz CT molecular complexity index is 94.7. The largest absolute Gasteiger partial charge is 0.463 e. The number of allylic oxidation sites excluding steroid dienone is 2. The second kappa shape index (κ2) is 4.24. The molecule has 0 saturated heterocycles. The van der Waals surface area contributed by atoms with E-state index in [1.165, 1.54) is 12.2 Å². The molecule has 0 aromatic rings. The molecule has 8 heavy (non-hydrogen) atoms. The van der Waals surface area contributed by atoms with Gasteiger partial charge >= 0.3 is 5.95 Å². The van der Waals surface area contributed by atoms with Gasteiger partial charge in [-0.25, -0.2) is 5.11 Å². The van der Waals surface area contributed by atoms with Gasteiger partial charge in [0, 0.05) is 6.08 Å². The van der Waals surface area contributed by atoms with E-state index in [9.17, 15) is 5.11 Å². The zero-order valence-corrected chi connectivity index (χ0v) is 4.89. The van der Waals surface area contributed by atoms with Crippen molar-refractivity contribution in [3.8, 4) is 0 Å². The van der Waals surface area contributed by atoms with Gasteiger partial charge in [0.25, 0.3) is 0 Å². The summed E-state index contributed by atoms with van der Waals surface area (Å²) in [6.45, 7) is 5.51. The lowest BCUT2D eigenvalue weighted by atomic mass is 10.6. The van der Waals surface area contributed by atoms with Gasteiger partial charge in [-0.05, 0) is 6.92 Å². The van der Waals surface area contributed by atoms with Gasteiger partial charge in [-0.2, -0.15) is 0 Å². The van der Waals surface area contributed by atoms with Crippen LogP contribution in [0.5, 0.6) is 0 Å². The van der Waals surface area contributed by atoms with E-state index in [1.807, 2.05) is 0 Å². The van der Waals surface area contributed by atoms with Crippen LogP contribution in [0.15, 0.2) is 24.7 Å². The molecule has 0 saturated carbocycles. The highest BCUT2D eigenvalue weighted by molar-refractivity contribution is 4.97. The third-order valence-corrected chi connectivity index (χ3v) is 0.541. The minimum absolute atomic E-state index is 0.331. The van der Waals surface area contributed by atoms with Gasteiger partial charge in [0.2, 0.25) is 0 Å². The van der Waals surface area contributed by atoms with Gasteiger partial charge < -0.3 is 4.74 Å². The second-order valence-electron chi connectivity index (χ2n) is 1.15. The molecule has 0 unspecified atom stereocenters. The SMILES string of the molecule is C=CC=C([O])OCC. The summed E-state index contributed by atoms with van der Waals surface area (Å²) in [5.74, 6) is -0.331. The van der Waals surface area contributed by atoms with Crippen molar-refractivity contribution in [2.45, 2.75) is 6.92 Å². The maximum Gasteiger partial charge on any atom is 0.330 e. The Morgan fingerprint density at radius 1 is 1.88 bits per heavy atom. The van der Waals surface area contributed by atoms with Crippen LogP contribution in [0.25, 0.3) is 0 Å². The Balaban J connectivity index is 3.44. The van der Waals surface area contributed by atoms with Crippen molar-refractivity contribution in [1.29, 1.82) is 0 Å². The first kappa shape index (κ1) is 7.08. The highest BCUT2D eigenvalue weighted by Crippen LogP contribution is 1.90. The van der Waals surface area contributed by atoms with Crippen molar-refractivity contribution < 1.29 is 9.84 Å². The summed E-state index contributed by atoms with van der Waals surface area (Å²) < 4.78 is 4.52. The van der Waals surface area contributed by atoms with Crippen LogP contribution in [0.1, 0.15) is 6.92 Å². The number of rotatable bonds is 3. The smallest absolute Gasteiger partial charge is 0.330 e. The summed E-state index contributed by atoms with van der Waals surface area (Å²) in [5.41, 5.74) is 0. The molecule has 0 aliphatic rings. The van der Waals surface area contributed by atoms with E-state index in [1.54, 1.807) is 6.92 Å². The average Bonchev–Trinajstić information content (AvgIpc) is 1.68. The van der Waals surface area contributed by atoms with Crippen LogP contribution in [0.4, 0.5) is 0 Å². The van der Waals surface area contributed by atoms with Crippen LogP contribution in [-0.2, 0) is 9.84 Å². The molecule has 0 bridgehead atoms. The Hall–Kier alpha value is -0.920. The van der Waals surface area contributed by atoms with Gasteiger partial charge in [0.1, 0.15) is 0 Å². The fourth-order valence-electron chi connectivity index (χ4n) is 0.287. The highest BCUT2D eigenvalue weighted by Gasteiger charge is 1.87. The third-order valence-electron chi connectivity index (χ3n) is 0.541. The van der Waals surface area contributed by atoms with Crippen molar-refractivity contribution in [2.24, 2.45) is 0 Å². The summed E-state index contributed by atoms with van der Waals surface area (Å²) in [6.07, 6.45) is 2.68. The van der Waals surface area contributed by atoms with Crippen molar-refractivity contribution in [1.82, 2.24) is 0 Å². The summed E-state index contributed by atoms with van der Waals surface area (Å²) in [4.78, 5) is 0. The Morgan fingerprint density at radius 3 is 2.88 bits per heavy atom. The molecule has 0 atom stereocenters. The minimum Gasteiger partial charge on any atom is -0.463 e. The molecule has 0 rings (SSSR count). The van der Waals surface area contributed by atoms with Gasteiger partial charge in [-0.3, -0.25) is 0 Å². The highest BCUT2D eigenvalue weighted by atomic mass is 16.6. The molecular formula is C6H9O2. The van der Waals surface area contributed by atoms with E-state index in [0.717, 1.165) is 0 Å². The first-order valence-corrected chi connectivity index (χ1v) is 2.43. The van der Waals surface area contributed by atoms with E-state index >= 15 is 0 Å². The molecule has 0 heterocycles. The van der Waals surface area contributed by atoms with Gasteiger partial charge in [0.05, 0.1) is 6.61 Å². The standard InChI is InChI=1S/C6H9O2/c1-3-5-6(7)8-4-2/h3,5H,1,4H2,2H3. The van der Waals surface area contributed by atoms with E-state index in [4.69, 9.17) is 0 Å². The Morgan fingerprint density at radius 2 is 2.50 bits per heavy atom. The molecule has 0 spiro atoms. The monoisotopic (exact) mass is 113 g/mol. The molecule has 0 N–H and O–H groups in total. The van der Waals surface area contributed by atoms with E-state index < -0.39 is 0 Å². The topological polar surface area (TPSA) is 29.1 Å². The summed E-state index contributed by atoms with van der Waals surface area (Å²) in [5, 5.41) is 10.3. The molecule has 45 valence electrons. The number of ether oxygens (including phenoxy) is 1. The van der Waals surface area contributed by atoms with Crippen LogP contribution in [0.2, 0.25) is 0 Å². The fourth-order valence-corrected chi connectivity index (χ4v) is 0.287. The van der Waals surface area contributed by atoms with Crippen molar-refractivity contribution in [3.63, 3.8) is 0 Å². The van der Waals surface area contributed by atoms with Gasteiger partial charge in [0.15, 0.2) is 0 Å². The summed E-state index contributed by atoms with van der Waals surface area (Å²) >= 11 is 0.